The van der Waals surface area contributed by atoms with Gasteiger partial charge in [-0.2, -0.15) is 13.2 Å². The van der Waals surface area contributed by atoms with Crippen molar-refractivity contribution >= 4 is 12.0 Å². The van der Waals surface area contributed by atoms with Crippen LogP contribution in [0.1, 0.15) is 22.3 Å². The van der Waals surface area contributed by atoms with Crippen molar-refractivity contribution in [1.29, 1.82) is 0 Å². The zero-order valence-corrected chi connectivity index (χ0v) is 16.5. The Bertz CT molecular complexity index is 948. The molecule has 0 radical (unpaired) electrons. The highest BCUT2D eigenvalue weighted by atomic mass is 19.4. The predicted octanol–water partition coefficient (Wildman–Crippen LogP) is 2.58. The number of amides is 1. The number of halogens is 3. The van der Waals surface area contributed by atoms with Crippen molar-refractivity contribution in [2.75, 3.05) is 32.8 Å². The van der Waals surface area contributed by atoms with E-state index in [4.69, 9.17) is 4.74 Å². The van der Waals surface area contributed by atoms with Crippen molar-refractivity contribution in [3.8, 4) is 5.75 Å². The van der Waals surface area contributed by atoms with Gasteiger partial charge in [-0.25, -0.2) is 0 Å². The minimum atomic E-state index is -4.39. The van der Waals surface area contributed by atoms with Crippen LogP contribution in [0.3, 0.4) is 0 Å². The van der Waals surface area contributed by atoms with Crippen molar-refractivity contribution in [3.05, 3.63) is 70.8 Å². The molecule has 0 unspecified atom stereocenters. The van der Waals surface area contributed by atoms with Crippen LogP contribution in [0.25, 0.3) is 6.08 Å². The van der Waals surface area contributed by atoms with Crippen LogP contribution in [0.15, 0.2) is 48.5 Å². The van der Waals surface area contributed by atoms with Crippen LogP contribution in [-0.4, -0.2) is 43.6 Å². The minimum absolute atomic E-state index is 0.166. The molecule has 2 aromatic rings. The molecule has 0 saturated carbocycles. The van der Waals surface area contributed by atoms with Gasteiger partial charge in [0.1, 0.15) is 12.3 Å². The number of benzene rings is 2. The van der Waals surface area contributed by atoms with Crippen molar-refractivity contribution in [3.63, 3.8) is 0 Å². The number of carbonyl (C=O) groups is 1. The molecule has 0 bridgehead atoms. The first-order valence-electron chi connectivity index (χ1n) is 10.1. The zero-order valence-electron chi connectivity index (χ0n) is 16.5. The summed E-state index contributed by atoms with van der Waals surface area (Å²) in [5, 5.41) is 0. The maximum Gasteiger partial charge on any atom is 0.416 e. The third-order valence-electron chi connectivity index (χ3n) is 5.62. The van der Waals surface area contributed by atoms with E-state index in [1.165, 1.54) is 34.2 Å². The van der Waals surface area contributed by atoms with Crippen LogP contribution in [0.5, 0.6) is 5.75 Å². The molecule has 0 aromatic heterocycles. The normalized spacial score (nSPS) is 17.2. The van der Waals surface area contributed by atoms with E-state index < -0.39 is 11.7 Å². The first-order valence-corrected chi connectivity index (χ1v) is 10.1. The molecule has 4 nitrogen and oxygen atoms in total. The number of nitrogens with zero attached hydrogens (tertiary/aromatic N) is 1. The van der Waals surface area contributed by atoms with Crippen LogP contribution in [0.2, 0.25) is 0 Å². The Balaban J connectivity index is 1.30. The monoisotopic (exact) mass is 417 g/mol. The fraction of sp³-hybridized carbons (Fsp3) is 0.348. The summed E-state index contributed by atoms with van der Waals surface area (Å²) in [6.07, 6.45) is -0.623. The lowest BCUT2D eigenvalue weighted by Crippen LogP contribution is -3.13. The van der Waals surface area contributed by atoms with Gasteiger partial charge >= 0.3 is 6.18 Å². The molecule has 2 aliphatic rings. The Kier molecular flexibility index (Phi) is 5.81. The quantitative estimate of drug-likeness (QED) is 0.776. The molecule has 0 aliphatic carbocycles. The highest BCUT2D eigenvalue weighted by Crippen LogP contribution is 2.29. The molecule has 2 aliphatic heterocycles. The summed E-state index contributed by atoms with van der Waals surface area (Å²) >= 11 is 0. The molecule has 1 fully saturated rings. The number of nitrogens with one attached hydrogen (secondary N) is 1. The molecule has 0 atom stereocenters. The second-order valence-electron chi connectivity index (χ2n) is 7.75. The first-order chi connectivity index (χ1) is 14.4. The van der Waals surface area contributed by atoms with Crippen molar-refractivity contribution in [2.24, 2.45) is 0 Å². The molecule has 2 aromatic carbocycles. The molecule has 158 valence electrons. The van der Waals surface area contributed by atoms with E-state index in [1.807, 2.05) is 6.07 Å². The number of hydrogen-bond acceptors (Lipinski definition) is 2. The Labute approximate surface area is 173 Å². The smallest absolute Gasteiger partial charge is 0.416 e. The number of piperazine rings is 1. The summed E-state index contributed by atoms with van der Waals surface area (Å²) in [5.41, 5.74) is 2.19. The molecule has 30 heavy (non-hydrogen) atoms. The van der Waals surface area contributed by atoms with Crippen LogP contribution in [0.4, 0.5) is 13.2 Å². The lowest BCUT2D eigenvalue weighted by molar-refractivity contribution is -0.917. The maximum absolute atomic E-state index is 12.8. The van der Waals surface area contributed by atoms with E-state index in [-0.39, 0.29) is 5.91 Å². The molecule has 1 saturated heterocycles. The summed E-state index contributed by atoms with van der Waals surface area (Å²) in [6, 6.07) is 11.3. The van der Waals surface area contributed by atoms with Crippen molar-refractivity contribution in [1.82, 2.24) is 4.90 Å². The maximum atomic E-state index is 12.8. The van der Waals surface area contributed by atoms with E-state index >= 15 is 0 Å². The summed E-state index contributed by atoms with van der Waals surface area (Å²) < 4.78 is 44.0. The molecular formula is C23H24F3N2O2+. The summed E-state index contributed by atoms with van der Waals surface area (Å²) in [6.45, 7) is 4.62. The lowest BCUT2D eigenvalue weighted by atomic mass is 10.1. The molecule has 4 rings (SSSR count). The molecule has 1 N–H and O–H groups in total. The van der Waals surface area contributed by atoms with Crippen LogP contribution < -0.4 is 9.64 Å². The molecule has 2 heterocycles. The predicted molar refractivity (Wildman–Crippen MR) is 107 cm³/mol. The van der Waals surface area contributed by atoms with E-state index in [0.29, 0.717) is 18.7 Å². The second kappa shape index (κ2) is 8.52. The van der Waals surface area contributed by atoms with Gasteiger partial charge in [0.15, 0.2) is 0 Å². The van der Waals surface area contributed by atoms with Crippen molar-refractivity contribution < 1.29 is 27.6 Å². The number of rotatable bonds is 4. The SMILES string of the molecule is O=C(/C=C/c1cccc(C(F)(F)F)c1)N1CC[NH+](Cc2ccc3c(c2)CCO3)CC1. The van der Waals surface area contributed by atoms with Gasteiger partial charge in [-0.3, -0.25) is 4.79 Å². The lowest BCUT2D eigenvalue weighted by Gasteiger charge is -2.31. The van der Waals surface area contributed by atoms with Crippen molar-refractivity contribution in [2.45, 2.75) is 19.1 Å². The summed E-state index contributed by atoms with van der Waals surface area (Å²) in [7, 11) is 0. The van der Waals surface area contributed by atoms with Gasteiger partial charge in [0, 0.05) is 18.1 Å². The summed E-state index contributed by atoms with van der Waals surface area (Å²) in [5.74, 6) is 0.817. The number of carbonyl (C=O) groups excluding carboxylic acids is 1. The minimum Gasteiger partial charge on any atom is -0.493 e. The van der Waals surface area contributed by atoms with E-state index in [9.17, 15) is 18.0 Å². The Morgan fingerprint density at radius 3 is 2.70 bits per heavy atom. The third kappa shape index (κ3) is 4.84. The van der Waals surface area contributed by atoms with Gasteiger partial charge in [0.25, 0.3) is 0 Å². The van der Waals surface area contributed by atoms with Crippen LogP contribution >= 0.6 is 0 Å². The van der Waals surface area contributed by atoms with Gasteiger partial charge in [-0.05, 0) is 47.5 Å². The van der Waals surface area contributed by atoms with Gasteiger partial charge in [-0.1, -0.05) is 12.1 Å². The highest BCUT2D eigenvalue weighted by molar-refractivity contribution is 5.91. The van der Waals surface area contributed by atoms with Gasteiger partial charge in [0.05, 0.1) is 38.3 Å². The Hall–Kier alpha value is -2.80. The molecular weight excluding hydrogens is 393 g/mol. The fourth-order valence-electron chi connectivity index (χ4n) is 3.95. The average molecular weight is 417 g/mol. The number of quaternary nitrogens is 1. The van der Waals surface area contributed by atoms with E-state index in [0.717, 1.165) is 50.5 Å². The van der Waals surface area contributed by atoms with E-state index in [2.05, 4.69) is 12.1 Å². The largest absolute Gasteiger partial charge is 0.493 e. The number of ether oxygens (including phenoxy) is 1. The van der Waals surface area contributed by atoms with Crippen LogP contribution in [0, 0.1) is 0 Å². The van der Waals surface area contributed by atoms with Crippen LogP contribution in [-0.2, 0) is 23.9 Å². The summed E-state index contributed by atoms with van der Waals surface area (Å²) in [4.78, 5) is 15.6. The van der Waals surface area contributed by atoms with E-state index in [1.54, 1.807) is 11.0 Å². The van der Waals surface area contributed by atoms with Gasteiger partial charge < -0.3 is 14.5 Å². The standard InChI is InChI=1S/C23H23F3N2O2/c24-23(25,26)20-3-1-2-17(15-20)5-7-22(29)28-11-9-27(10-12-28)16-18-4-6-21-19(14-18)8-13-30-21/h1-7,14-15H,8-13,16H2/p+1/b7-5+. The molecule has 0 spiro atoms. The number of alkyl halides is 3. The third-order valence-corrected chi connectivity index (χ3v) is 5.62. The van der Waals surface area contributed by atoms with Gasteiger partial charge in [0.2, 0.25) is 5.91 Å². The average Bonchev–Trinajstić information content (AvgIpc) is 3.20. The molecule has 1 amide bonds. The topological polar surface area (TPSA) is 34.0 Å². The number of hydrogen-bond donors (Lipinski definition) is 1. The first kappa shape index (κ1) is 20.5. The molecule has 7 heteroatoms. The zero-order chi connectivity index (χ0) is 21.1. The Morgan fingerprint density at radius 1 is 1.13 bits per heavy atom. The second-order valence-corrected chi connectivity index (χ2v) is 7.75. The fourth-order valence-corrected chi connectivity index (χ4v) is 3.95. The number of fused-ring (bicyclic) bond motifs is 1. The Morgan fingerprint density at radius 2 is 1.93 bits per heavy atom. The van der Waals surface area contributed by atoms with Gasteiger partial charge in [-0.15, -0.1) is 0 Å². The highest BCUT2D eigenvalue weighted by Gasteiger charge is 2.30.